The second kappa shape index (κ2) is 6.61. The minimum absolute atomic E-state index is 0.151. The summed E-state index contributed by atoms with van der Waals surface area (Å²) < 4.78 is 41.8. The number of hydrogen-bond acceptors (Lipinski definition) is 5. The van der Waals surface area contributed by atoms with E-state index in [1.807, 2.05) is 0 Å². The van der Waals surface area contributed by atoms with Crippen molar-refractivity contribution in [2.75, 3.05) is 16.8 Å². The number of carbonyl (C=O) groups excluding carboxylic acids is 1. The van der Waals surface area contributed by atoms with E-state index in [2.05, 4.69) is 20.1 Å². The lowest BCUT2D eigenvalue weighted by Crippen LogP contribution is -2.48. The zero-order valence-electron chi connectivity index (χ0n) is 13.3. The maximum Gasteiger partial charge on any atom is 0.573 e. The van der Waals surface area contributed by atoms with Crippen molar-refractivity contribution in [3.05, 3.63) is 30.6 Å². The van der Waals surface area contributed by atoms with E-state index < -0.39 is 18.2 Å². The van der Waals surface area contributed by atoms with Crippen LogP contribution in [0, 0.1) is 0 Å². The van der Waals surface area contributed by atoms with Crippen LogP contribution in [-0.2, 0) is 11.8 Å². The highest BCUT2D eigenvalue weighted by atomic mass is 19.4. The van der Waals surface area contributed by atoms with Crippen molar-refractivity contribution in [1.82, 2.24) is 14.8 Å². The van der Waals surface area contributed by atoms with Crippen molar-refractivity contribution in [2.24, 2.45) is 7.05 Å². The highest BCUT2D eigenvalue weighted by Gasteiger charge is 2.32. The number of aryl methyl sites for hydroxylation is 1. The molecular weight excluding hydrogens is 339 g/mol. The first-order valence-electron chi connectivity index (χ1n) is 7.61. The largest absolute Gasteiger partial charge is 0.573 e. The van der Waals surface area contributed by atoms with E-state index in [9.17, 15) is 18.0 Å². The summed E-state index contributed by atoms with van der Waals surface area (Å²) in [6, 6.07) is 3.72. The second-order valence-electron chi connectivity index (χ2n) is 5.60. The number of anilines is 2. The molecule has 7 nitrogen and oxygen atoms in total. The van der Waals surface area contributed by atoms with Gasteiger partial charge in [-0.1, -0.05) is 0 Å². The zero-order chi connectivity index (χ0) is 18.0. The molecule has 2 aromatic rings. The number of hydrogen-bond donors (Lipinski definition) is 1. The van der Waals surface area contributed by atoms with Gasteiger partial charge in [0.2, 0.25) is 0 Å². The van der Waals surface area contributed by atoms with Crippen LogP contribution in [0.2, 0.25) is 0 Å². The summed E-state index contributed by atoms with van der Waals surface area (Å²) in [4.78, 5) is 18.1. The topological polar surface area (TPSA) is 72.3 Å². The summed E-state index contributed by atoms with van der Waals surface area (Å²) in [5.41, 5.74) is 0. The number of nitrogens with zero attached hydrogens (tertiary/aromatic N) is 4. The third-order valence-corrected chi connectivity index (χ3v) is 3.71. The van der Waals surface area contributed by atoms with Crippen LogP contribution in [0.4, 0.5) is 24.8 Å². The van der Waals surface area contributed by atoms with Gasteiger partial charge >= 0.3 is 6.36 Å². The van der Waals surface area contributed by atoms with E-state index in [1.165, 1.54) is 6.07 Å². The van der Waals surface area contributed by atoms with Gasteiger partial charge in [0.05, 0.1) is 6.20 Å². The Balaban J connectivity index is 1.66. The minimum Gasteiger partial charge on any atom is -0.404 e. The number of pyridine rings is 1. The molecule has 134 valence electrons. The van der Waals surface area contributed by atoms with Gasteiger partial charge in [-0.05, 0) is 25.0 Å². The molecule has 25 heavy (non-hydrogen) atoms. The summed E-state index contributed by atoms with van der Waals surface area (Å²) in [5, 5.41) is 7.18. The fraction of sp³-hybridized carbons (Fsp3) is 0.400. The number of aromatic nitrogens is 3. The average Bonchev–Trinajstić information content (AvgIpc) is 2.96. The lowest BCUT2D eigenvalue weighted by molar-refractivity contribution is -0.274. The normalized spacial score (nSPS) is 18.3. The van der Waals surface area contributed by atoms with Gasteiger partial charge in [0, 0.05) is 25.9 Å². The summed E-state index contributed by atoms with van der Waals surface area (Å²) in [5.74, 6) is 0.308. The number of rotatable bonds is 4. The van der Waals surface area contributed by atoms with Crippen molar-refractivity contribution in [1.29, 1.82) is 0 Å². The average molecular weight is 355 g/mol. The van der Waals surface area contributed by atoms with Crippen LogP contribution in [0.1, 0.15) is 12.8 Å². The summed E-state index contributed by atoms with van der Waals surface area (Å²) in [6.07, 6.45) is -0.681. The molecule has 1 unspecified atom stereocenters. The van der Waals surface area contributed by atoms with Crippen LogP contribution in [0.25, 0.3) is 0 Å². The first-order valence-corrected chi connectivity index (χ1v) is 7.61. The van der Waals surface area contributed by atoms with Crippen molar-refractivity contribution in [3.8, 4) is 5.75 Å². The molecule has 1 N–H and O–H groups in total. The van der Waals surface area contributed by atoms with Crippen LogP contribution in [0.3, 0.4) is 0 Å². The monoisotopic (exact) mass is 355 g/mol. The van der Waals surface area contributed by atoms with Crippen LogP contribution in [0.5, 0.6) is 5.75 Å². The fourth-order valence-electron chi connectivity index (χ4n) is 2.62. The number of carbonyl (C=O) groups is 1. The fourth-order valence-corrected chi connectivity index (χ4v) is 2.62. The van der Waals surface area contributed by atoms with Gasteiger partial charge in [0.25, 0.3) is 5.91 Å². The molecule has 0 aromatic carbocycles. The number of nitrogens with one attached hydrogen (secondary N) is 1. The third kappa shape index (κ3) is 4.20. The molecule has 1 saturated heterocycles. The summed E-state index contributed by atoms with van der Waals surface area (Å²) >= 11 is 0. The molecule has 3 rings (SSSR count). The van der Waals surface area contributed by atoms with E-state index in [0.29, 0.717) is 24.6 Å². The number of halogens is 3. The second-order valence-corrected chi connectivity index (χ2v) is 5.60. The molecule has 1 aliphatic heterocycles. The maximum atomic E-state index is 12.6. The molecular formula is C15H16F3N5O2. The van der Waals surface area contributed by atoms with Gasteiger partial charge in [0.15, 0.2) is 5.82 Å². The van der Waals surface area contributed by atoms with E-state index in [-0.39, 0.29) is 5.91 Å². The van der Waals surface area contributed by atoms with E-state index >= 15 is 0 Å². The van der Waals surface area contributed by atoms with Gasteiger partial charge in [-0.2, -0.15) is 5.10 Å². The molecule has 0 aliphatic carbocycles. The SMILES string of the molecule is Cn1ccc(N2CCCC(Nc3ccc(OC(F)(F)F)cn3)C2=O)n1. The van der Waals surface area contributed by atoms with E-state index in [1.54, 1.807) is 28.9 Å². The van der Waals surface area contributed by atoms with Crippen LogP contribution < -0.4 is 15.0 Å². The first kappa shape index (κ1) is 17.1. The van der Waals surface area contributed by atoms with Crippen LogP contribution >= 0.6 is 0 Å². The maximum absolute atomic E-state index is 12.6. The quantitative estimate of drug-likeness (QED) is 0.911. The predicted molar refractivity (Wildman–Crippen MR) is 83.1 cm³/mol. The lowest BCUT2D eigenvalue weighted by Gasteiger charge is -2.31. The Morgan fingerprint density at radius 2 is 2.12 bits per heavy atom. The van der Waals surface area contributed by atoms with Gasteiger partial charge in [-0.15, -0.1) is 13.2 Å². The molecule has 0 radical (unpaired) electrons. The summed E-state index contributed by atoms with van der Waals surface area (Å²) in [6.45, 7) is 0.569. The molecule has 1 atom stereocenters. The van der Waals surface area contributed by atoms with Crippen molar-refractivity contribution in [3.63, 3.8) is 0 Å². The summed E-state index contributed by atoms with van der Waals surface area (Å²) in [7, 11) is 1.77. The molecule has 3 heterocycles. The van der Waals surface area contributed by atoms with E-state index in [4.69, 9.17) is 0 Å². The Bertz CT molecular complexity index is 744. The first-order chi connectivity index (χ1) is 11.8. The molecule has 2 aromatic heterocycles. The Morgan fingerprint density at radius 3 is 2.72 bits per heavy atom. The standard InChI is InChI=1S/C15H16F3N5O2/c1-22-8-6-13(21-22)23-7-2-3-11(14(23)24)20-12-5-4-10(9-19-12)25-15(16,17)18/h4-6,8-9,11H,2-3,7H2,1H3,(H,19,20). The highest BCUT2D eigenvalue weighted by Crippen LogP contribution is 2.24. The Kier molecular flexibility index (Phi) is 4.51. The smallest absolute Gasteiger partial charge is 0.404 e. The molecule has 0 bridgehead atoms. The Hall–Kier alpha value is -2.78. The van der Waals surface area contributed by atoms with Gasteiger partial charge < -0.3 is 10.1 Å². The van der Waals surface area contributed by atoms with Gasteiger partial charge in [-0.3, -0.25) is 14.4 Å². The molecule has 10 heteroatoms. The molecule has 1 amide bonds. The van der Waals surface area contributed by atoms with Crippen molar-refractivity contribution < 1.29 is 22.7 Å². The number of alkyl halides is 3. The predicted octanol–water partition coefficient (Wildman–Crippen LogP) is 2.32. The van der Waals surface area contributed by atoms with Crippen molar-refractivity contribution in [2.45, 2.75) is 25.2 Å². The number of piperidine rings is 1. The van der Waals surface area contributed by atoms with Gasteiger partial charge in [0.1, 0.15) is 17.6 Å². The Morgan fingerprint density at radius 1 is 1.32 bits per heavy atom. The Labute approximate surface area is 141 Å². The third-order valence-electron chi connectivity index (χ3n) is 3.71. The van der Waals surface area contributed by atoms with Gasteiger partial charge in [-0.25, -0.2) is 4.98 Å². The van der Waals surface area contributed by atoms with Crippen molar-refractivity contribution >= 4 is 17.5 Å². The van der Waals surface area contributed by atoms with E-state index in [0.717, 1.165) is 18.7 Å². The van der Waals surface area contributed by atoms with Crippen LogP contribution in [0.15, 0.2) is 30.6 Å². The minimum atomic E-state index is -4.76. The molecule has 0 spiro atoms. The molecule has 0 saturated carbocycles. The zero-order valence-corrected chi connectivity index (χ0v) is 13.3. The molecule has 1 aliphatic rings. The molecule has 1 fully saturated rings. The van der Waals surface area contributed by atoms with Crippen LogP contribution in [-0.4, -0.2) is 39.6 Å². The highest BCUT2D eigenvalue weighted by molar-refractivity contribution is 5.98. The number of amides is 1. The lowest BCUT2D eigenvalue weighted by atomic mass is 10.0. The number of ether oxygens (including phenoxy) is 1.